The van der Waals surface area contributed by atoms with Crippen LogP contribution in [0.15, 0.2) is 18.2 Å². The summed E-state index contributed by atoms with van der Waals surface area (Å²) < 4.78 is 26.6. The smallest absolute Gasteiger partial charge is 0.238 e. The molecule has 27 heavy (non-hydrogen) atoms. The Kier molecular flexibility index (Phi) is 6.77. The second-order valence-corrected chi connectivity index (χ2v) is 7.59. The molecule has 1 aliphatic carbocycles. The molecule has 7 heteroatoms. The molecule has 3 rings (SSSR count). The maximum atomic E-state index is 13.7. The molecule has 1 atom stereocenters. The van der Waals surface area contributed by atoms with E-state index < -0.39 is 11.6 Å². The van der Waals surface area contributed by atoms with E-state index >= 15 is 0 Å². The van der Waals surface area contributed by atoms with Crippen molar-refractivity contribution in [2.45, 2.75) is 51.0 Å². The van der Waals surface area contributed by atoms with E-state index in [1.807, 2.05) is 4.90 Å². The van der Waals surface area contributed by atoms with Crippen molar-refractivity contribution < 1.29 is 18.4 Å². The fourth-order valence-electron chi connectivity index (χ4n) is 3.96. The standard InChI is InChI=1S/C20H27F2N3O2/c21-15-8-9-18(17(22)11-15)24-19(26)13-25-10-4-5-14(12-25)20(27)23-16-6-2-1-3-7-16/h8-9,11,14,16H,1-7,10,12-13H2,(H,23,27)(H,24,26). The highest BCUT2D eigenvalue weighted by molar-refractivity contribution is 5.92. The summed E-state index contributed by atoms with van der Waals surface area (Å²) in [6.45, 7) is 1.34. The van der Waals surface area contributed by atoms with Crippen molar-refractivity contribution in [2.75, 3.05) is 25.0 Å². The van der Waals surface area contributed by atoms with Crippen molar-refractivity contribution in [3.8, 4) is 0 Å². The van der Waals surface area contributed by atoms with Gasteiger partial charge >= 0.3 is 0 Å². The highest BCUT2D eigenvalue weighted by Gasteiger charge is 2.28. The summed E-state index contributed by atoms with van der Waals surface area (Å²) >= 11 is 0. The number of carbonyl (C=O) groups excluding carboxylic acids is 2. The molecule has 1 aliphatic heterocycles. The van der Waals surface area contributed by atoms with E-state index in [4.69, 9.17) is 0 Å². The molecule has 2 amide bonds. The number of anilines is 1. The molecule has 1 aromatic carbocycles. The lowest BCUT2D eigenvalue weighted by Gasteiger charge is -2.33. The first-order chi connectivity index (χ1) is 13.0. The molecule has 2 aliphatic rings. The first-order valence-electron chi connectivity index (χ1n) is 9.79. The Labute approximate surface area is 158 Å². The van der Waals surface area contributed by atoms with E-state index in [1.54, 1.807) is 0 Å². The fourth-order valence-corrected chi connectivity index (χ4v) is 3.96. The second kappa shape index (κ2) is 9.26. The van der Waals surface area contributed by atoms with Crippen LogP contribution >= 0.6 is 0 Å². The van der Waals surface area contributed by atoms with Crippen molar-refractivity contribution in [2.24, 2.45) is 5.92 Å². The topological polar surface area (TPSA) is 61.4 Å². The summed E-state index contributed by atoms with van der Waals surface area (Å²) in [6, 6.07) is 3.33. The van der Waals surface area contributed by atoms with Gasteiger partial charge in [-0.25, -0.2) is 8.78 Å². The zero-order valence-electron chi connectivity index (χ0n) is 15.5. The van der Waals surface area contributed by atoms with Crippen LogP contribution in [0, 0.1) is 17.6 Å². The molecule has 148 valence electrons. The SMILES string of the molecule is O=C(CN1CCCC(C(=O)NC2CCCCC2)C1)Nc1ccc(F)cc1F. The van der Waals surface area contributed by atoms with Crippen LogP contribution in [0.25, 0.3) is 0 Å². The number of nitrogens with zero attached hydrogens (tertiary/aromatic N) is 1. The minimum atomic E-state index is -0.799. The number of amides is 2. The summed E-state index contributed by atoms with van der Waals surface area (Å²) in [7, 11) is 0. The van der Waals surface area contributed by atoms with Crippen molar-refractivity contribution >= 4 is 17.5 Å². The highest BCUT2D eigenvalue weighted by atomic mass is 19.1. The van der Waals surface area contributed by atoms with Gasteiger partial charge in [-0.15, -0.1) is 0 Å². The number of piperidine rings is 1. The number of nitrogens with one attached hydrogen (secondary N) is 2. The van der Waals surface area contributed by atoms with Crippen LogP contribution in [0.2, 0.25) is 0 Å². The van der Waals surface area contributed by atoms with Crippen molar-refractivity contribution in [3.63, 3.8) is 0 Å². The zero-order valence-corrected chi connectivity index (χ0v) is 15.5. The number of rotatable bonds is 5. The van der Waals surface area contributed by atoms with Gasteiger partial charge in [-0.1, -0.05) is 19.3 Å². The summed E-state index contributed by atoms with van der Waals surface area (Å²) in [5.41, 5.74) is -0.0370. The maximum Gasteiger partial charge on any atom is 0.238 e. The summed E-state index contributed by atoms with van der Waals surface area (Å²) in [6.07, 6.45) is 7.35. The Morgan fingerprint density at radius 3 is 2.59 bits per heavy atom. The molecule has 1 saturated carbocycles. The Hall–Kier alpha value is -2.02. The van der Waals surface area contributed by atoms with E-state index in [0.717, 1.165) is 44.4 Å². The molecule has 1 aromatic rings. The summed E-state index contributed by atoms with van der Waals surface area (Å²) in [5, 5.41) is 5.64. The molecule has 1 unspecified atom stereocenters. The molecule has 1 heterocycles. The predicted octanol–water partition coefficient (Wildman–Crippen LogP) is 3.06. The zero-order chi connectivity index (χ0) is 19.2. The Morgan fingerprint density at radius 1 is 1.07 bits per heavy atom. The van der Waals surface area contributed by atoms with Gasteiger partial charge in [0.2, 0.25) is 11.8 Å². The average Bonchev–Trinajstić information content (AvgIpc) is 2.65. The van der Waals surface area contributed by atoms with Gasteiger partial charge < -0.3 is 10.6 Å². The van der Waals surface area contributed by atoms with Crippen LogP contribution in [0.5, 0.6) is 0 Å². The van der Waals surface area contributed by atoms with Crippen LogP contribution in [-0.4, -0.2) is 42.4 Å². The molecule has 0 bridgehead atoms. The second-order valence-electron chi connectivity index (χ2n) is 7.59. The lowest BCUT2D eigenvalue weighted by molar-refractivity contribution is -0.128. The van der Waals surface area contributed by atoms with E-state index in [0.29, 0.717) is 6.54 Å². The van der Waals surface area contributed by atoms with Crippen LogP contribution in [0.3, 0.4) is 0 Å². The van der Waals surface area contributed by atoms with Crippen molar-refractivity contribution in [3.05, 3.63) is 29.8 Å². The fraction of sp³-hybridized carbons (Fsp3) is 0.600. The normalized spacial score (nSPS) is 21.6. The number of carbonyl (C=O) groups is 2. The number of halogens is 2. The maximum absolute atomic E-state index is 13.7. The van der Waals surface area contributed by atoms with Crippen LogP contribution in [-0.2, 0) is 9.59 Å². The summed E-state index contributed by atoms with van der Waals surface area (Å²) in [4.78, 5) is 26.7. The molecule has 0 aromatic heterocycles. The van der Waals surface area contributed by atoms with Gasteiger partial charge in [-0.05, 0) is 44.4 Å². The third-order valence-corrected chi connectivity index (χ3v) is 5.40. The monoisotopic (exact) mass is 379 g/mol. The molecular weight excluding hydrogens is 352 g/mol. The number of hydrogen-bond donors (Lipinski definition) is 2. The van der Waals surface area contributed by atoms with Gasteiger partial charge in [0.15, 0.2) is 0 Å². The van der Waals surface area contributed by atoms with Crippen molar-refractivity contribution in [1.82, 2.24) is 10.2 Å². The Morgan fingerprint density at radius 2 is 1.85 bits per heavy atom. The predicted molar refractivity (Wildman–Crippen MR) is 99.2 cm³/mol. The number of likely N-dealkylation sites (tertiary alicyclic amines) is 1. The van der Waals surface area contributed by atoms with E-state index in [-0.39, 0.29) is 36.0 Å². The van der Waals surface area contributed by atoms with Gasteiger partial charge in [-0.3, -0.25) is 14.5 Å². The number of hydrogen-bond acceptors (Lipinski definition) is 3. The molecule has 5 nitrogen and oxygen atoms in total. The lowest BCUT2D eigenvalue weighted by atomic mass is 9.93. The lowest BCUT2D eigenvalue weighted by Crippen LogP contribution is -2.47. The quantitative estimate of drug-likeness (QED) is 0.827. The van der Waals surface area contributed by atoms with Crippen LogP contribution < -0.4 is 10.6 Å². The minimum absolute atomic E-state index is 0.0370. The third kappa shape index (κ3) is 5.73. The van der Waals surface area contributed by atoms with Gasteiger partial charge in [0.25, 0.3) is 0 Å². The van der Waals surface area contributed by atoms with Crippen LogP contribution in [0.4, 0.5) is 14.5 Å². The largest absolute Gasteiger partial charge is 0.353 e. The molecule has 2 fully saturated rings. The van der Waals surface area contributed by atoms with Crippen LogP contribution in [0.1, 0.15) is 44.9 Å². The molecule has 0 spiro atoms. The Bertz CT molecular complexity index is 677. The summed E-state index contributed by atoms with van der Waals surface area (Å²) in [5.74, 6) is -1.89. The molecule has 2 N–H and O–H groups in total. The van der Waals surface area contributed by atoms with Crippen molar-refractivity contribution in [1.29, 1.82) is 0 Å². The van der Waals surface area contributed by atoms with Gasteiger partial charge in [0, 0.05) is 18.7 Å². The number of benzene rings is 1. The third-order valence-electron chi connectivity index (χ3n) is 5.40. The van der Waals surface area contributed by atoms with Gasteiger partial charge in [0.05, 0.1) is 18.2 Å². The molecule has 0 radical (unpaired) electrons. The molecular formula is C20H27F2N3O2. The highest BCUT2D eigenvalue weighted by Crippen LogP contribution is 2.21. The van der Waals surface area contributed by atoms with E-state index in [1.165, 1.54) is 25.3 Å². The van der Waals surface area contributed by atoms with E-state index in [9.17, 15) is 18.4 Å². The Balaban J connectivity index is 1.48. The van der Waals surface area contributed by atoms with Gasteiger partial charge in [-0.2, -0.15) is 0 Å². The van der Waals surface area contributed by atoms with E-state index in [2.05, 4.69) is 10.6 Å². The molecule has 1 saturated heterocycles. The first-order valence-corrected chi connectivity index (χ1v) is 9.79. The first kappa shape index (κ1) is 19.7. The van der Waals surface area contributed by atoms with Gasteiger partial charge in [0.1, 0.15) is 11.6 Å². The average molecular weight is 379 g/mol. The minimum Gasteiger partial charge on any atom is -0.353 e.